The van der Waals surface area contributed by atoms with Gasteiger partial charge in [-0.1, -0.05) is 0 Å². The molecule has 1 aliphatic heterocycles. The van der Waals surface area contributed by atoms with Crippen molar-refractivity contribution in [2.75, 3.05) is 33.3 Å². The molecule has 2 amide bonds. The first-order chi connectivity index (χ1) is 14.6. The summed E-state index contributed by atoms with van der Waals surface area (Å²) in [6, 6.07) is 6.55. The van der Waals surface area contributed by atoms with Crippen LogP contribution in [0.4, 0.5) is 13.2 Å². The smallest absolute Gasteiger partial charge is 0.425 e. The zero-order valence-electron chi connectivity index (χ0n) is 17.1. The molecular weight excluding hydrogens is 417 g/mol. The largest absolute Gasteiger partial charge is 0.497 e. The monoisotopic (exact) mass is 440 g/mol. The van der Waals surface area contributed by atoms with E-state index < -0.39 is 29.9 Å². The van der Waals surface area contributed by atoms with Crippen LogP contribution in [0.2, 0.25) is 0 Å². The Kier molecular flexibility index (Phi) is 6.25. The van der Waals surface area contributed by atoms with Crippen LogP contribution in [0.5, 0.6) is 5.75 Å². The lowest BCUT2D eigenvalue weighted by molar-refractivity contribution is -0.272. The third-order valence-corrected chi connectivity index (χ3v) is 5.32. The van der Waals surface area contributed by atoms with Gasteiger partial charge in [0, 0.05) is 51.2 Å². The van der Waals surface area contributed by atoms with Crippen molar-refractivity contribution in [1.82, 2.24) is 19.4 Å². The first kappa shape index (κ1) is 22.6. The molecule has 1 aromatic carbocycles. The zero-order valence-corrected chi connectivity index (χ0v) is 17.1. The van der Waals surface area contributed by atoms with E-state index in [1.54, 1.807) is 24.3 Å². The number of ether oxygens (including phenoxy) is 1. The molecule has 0 aliphatic carbocycles. The minimum atomic E-state index is -5.09. The van der Waals surface area contributed by atoms with Gasteiger partial charge in [-0.2, -0.15) is 13.2 Å². The summed E-state index contributed by atoms with van der Waals surface area (Å²) in [6.07, 6.45) is -3.89. The van der Waals surface area contributed by atoms with Gasteiger partial charge in [0.25, 0.3) is 5.91 Å². The maximum absolute atomic E-state index is 13.6. The summed E-state index contributed by atoms with van der Waals surface area (Å²) in [4.78, 5) is 31.5. The predicted molar refractivity (Wildman–Crippen MR) is 103 cm³/mol. The normalized spacial score (nSPS) is 16.7. The fourth-order valence-corrected chi connectivity index (χ4v) is 3.48. The molecule has 1 fully saturated rings. The van der Waals surface area contributed by atoms with E-state index in [1.807, 2.05) is 0 Å². The highest BCUT2D eigenvalue weighted by molar-refractivity contribution is 5.94. The number of imidazole rings is 1. The third kappa shape index (κ3) is 4.50. The number of alkyl halides is 3. The van der Waals surface area contributed by atoms with Gasteiger partial charge in [-0.3, -0.25) is 9.59 Å². The molecule has 1 aliphatic rings. The highest BCUT2D eigenvalue weighted by Gasteiger charge is 2.59. The van der Waals surface area contributed by atoms with Crippen LogP contribution in [0, 0.1) is 0 Å². The molecule has 8 nitrogen and oxygen atoms in total. The molecule has 1 saturated heterocycles. The van der Waals surface area contributed by atoms with Crippen molar-refractivity contribution in [3.8, 4) is 5.75 Å². The van der Waals surface area contributed by atoms with Crippen LogP contribution >= 0.6 is 0 Å². The number of aryl methyl sites for hydroxylation is 1. The Bertz CT molecular complexity index is 937. The maximum Gasteiger partial charge on any atom is 0.425 e. The number of carbonyl (C=O) groups excluding carboxylic acids is 2. The molecule has 2 aromatic rings. The highest BCUT2D eigenvalue weighted by Crippen LogP contribution is 2.41. The van der Waals surface area contributed by atoms with Gasteiger partial charge in [-0.25, -0.2) is 4.98 Å². The highest BCUT2D eigenvalue weighted by atomic mass is 19.4. The van der Waals surface area contributed by atoms with Gasteiger partial charge in [-0.05, 0) is 24.3 Å². The standard InChI is InChI=1S/C20H23F3N4O4/c1-25-8-7-24-18(25)19(30,20(21,22)23)13-16(28)26-9-11-27(12-10-26)17(29)14-3-5-15(31-2)6-4-14/h3-8,30H,9-13H2,1-2H3. The number of piperazine rings is 1. The van der Waals surface area contributed by atoms with Gasteiger partial charge in [-0.15, -0.1) is 0 Å². The van der Waals surface area contributed by atoms with Gasteiger partial charge in [0.2, 0.25) is 11.5 Å². The fourth-order valence-electron chi connectivity index (χ4n) is 3.48. The molecule has 0 bridgehead atoms. The summed E-state index contributed by atoms with van der Waals surface area (Å²) in [5.74, 6) is -1.15. The molecule has 31 heavy (non-hydrogen) atoms. The topological polar surface area (TPSA) is 87.9 Å². The van der Waals surface area contributed by atoms with Gasteiger partial charge >= 0.3 is 6.18 Å². The number of rotatable bonds is 5. The lowest BCUT2D eigenvalue weighted by Gasteiger charge is -2.37. The van der Waals surface area contributed by atoms with Crippen LogP contribution < -0.4 is 4.74 Å². The Labute approximate surface area is 176 Å². The molecule has 0 saturated carbocycles. The first-order valence-electron chi connectivity index (χ1n) is 9.55. The van der Waals surface area contributed by atoms with Gasteiger partial charge < -0.3 is 24.2 Å². The van der Waals surface area contributed by atoms with Crippen molar-refractivity contribution in [2.24, 2.45) is 7.05 Å². The summed E-state index contributed by atoms with van der Waals surface area (Å²) in [5, 5.41) is 10.4. The first-order valence-corrected chi connectivity index (χ1v) is 9.55. The number of hydrogen-bond acceptors (Lipinski definition) is 5. The summed E-state index contributed by atoms with van der Waals surface area (Å²) in [5.41, 5.74) is -2.96. The van der Waals surface area contributed by atoms with E-state index in [2.05, 4.69) is 4.98 Å². The SMILES string of the molecule is COc1ccc(C(=O)N2CCN(C(=O)CC(O)(c3nccn3C)C(F)(F)F)CC2)cc1. The Morgan fingerprint density at radius 3 is 2.16 bits per heavy atom. The van der Waals surface area contributed by atoms with Crippen molar-refractivity contribution in [3.05, 3.63) is 48.0 Å². The number of amides is 2. The van der Waals surface area contributed by atoms with Crippen molar-refractivity contribution < 1.29 is 32.6 Å². The van der Waals surface area contributed by atoms with E-state index in [0.29, 0.717) is 11.3 Å². The molecule has 0 spiro atoms. The molecule has 1 unspecified atom stereocenters. The number of aliphatic hydroxyl groups is 1. The Morgan fingerprint density at radius 1 is 1.10 bits per heavy atom. The average Bonchev–Trinajstić information content (AvgIpc) is 3.19. The quantitative estimate of drug-likeness (QED) is 0.763. The van der Waals surface area contributed by atoms with Crippen LogP contribution in [-0.2, 0) is 17.4 Å². The molecule has 1 N–H and O–H groups in total. The third-order valence-electron chi connectivity index (χ3n) is 5.32. The van der Waals surface area contributed by atoms with Gasteiger partial charge in [0.05, 0.1) is 13.5 Å². The predicted octanol–water partition coefficient (Wildman–Crippen LogP) is 1.55. The summed E-state index contributed by atoms with van der Waals surface area (Å²) in [7, 11) is 2.83. The van der Waals surface area contributed by atoms with E-state index in [1.165, 1.54) is 30.2 Å². The molecule has 2 heterocycles. The summed E-state index contributed by atoms with van der Waals surface area (Å²) >= 11 is 0. The minimum absolute atomic E-state index is 0.0647. The van der Waals surface area contributed by atoms with Crippen LogP contribution in [0.25, 0.3) is 0 Å². The second-order valence-corrected chi connectivity index (χ2v) is 7.30. The van der Waals surface area contributed by atoms with Crippen molar-refractivity contribution in [3.63, 3.8) is 0 Å². The molecule has 1 atom stereocenters. The van der Waals surface area contributed by atoms with E-state index >= 15 is 0 Å². The second-order valence-electron chi connectivity index (χ2n) is 7.30. The van der Waals surface area contributed by atoms with Crippen LogP contribution in [-0.4, -0.2) is 75.7 Å². The number of halogens is 3. The second kappa shape index (κ2) is 8.58. The van der Waals surface area contributed by atoms with Gasteiger partial charge in [0.15, 0.2) is 5.82 Å². The molecule has 0 radical (unpaired) electrons. The number of carbonyl (C=O) groups is 2. The molecule has 1 aromatic heterocycles. The fraction of sp³-hybridized carbons (Fsp3) is 0.450. The van der Waals surface area contributed by atoms with Crippen LogP contribution in [0.3, 0.4) is 0 Å². The Morgan fingerprint density at radius 2 is 1.68 bits per heavy atom. The number of aromatic nitrogens is 2. The van der Waals surface area contributed by atoms with Gasteiger partial charge in [0.1, 0.15) is 5.75 Å². The summed E-state index contributed by atoms with van der Waals surface area (Å²) < 4.78 is 47.0. The van der Waals surface area contributed by atoms with E-state index in [0.717, 1.165) is 10.8 Å². The van der Waals surface area contributed by atoms with Crippen molar-refractivity contribution >= 4 is 11.8 Å². The number of methoxy groups -OCH3 is 1. The Hall–Kier alpha value is -3.08. The number of benzene rings is 1. The minimum Gasteiger partial charge on any atom is -0.497 e. The van der Waals surface area contributed by atoms with E-state index in [4.69, 9.17) is 4.74 Å². The molecule has 3 rings (SSSR count). The van der Waals surface area contributed by atoms with E-state index in [9.17, 15) is 27.9 Å². The average molecular weight is 440 g/mol. The van der Waals surface area contributed by atoms with Crippen molar-refractivity contribution in [2.45, 2.75) is 18.2 Å². The lowest BCUT2D eigenvalue weighted by atomic mass is 9.96. The zero-order chi connectivity index (χ0) is 22.8. The Balaban J connectivity index is 1.65. The molecular formula is C20H23F3N4O4. The van der Waals surface area contributed by atoms with Crippen LogP contribution in [0.15, 0.2) is 36.7 Å². The summed E-state index contributed by atoms with van der Waals surface area (Å²) in [6.45, 7) is 0.470. The number of hydrogen-bond donors (Lipinski definition) is 1. The molecule has 11 heteroatoms. The maximum atomic E-state index is 13.6. The number of nitrogens with zero attached hydrogens (tertiary/aromatic N) is 4. The van der Waals surface area contributed by atoms with Crippen LogP contribution in [0.1, 0.15) is 22.6 Å². The lowest BCUT2D eigenvalue weighted by Crippen LogP contribution is -2.53. The molecule has 168 valence electrons. The van der Waals surface area contributed by atoms with Crippen molar-refractivity contribution in [1.29, 1.82) is 0 Å². The van der Waals surface area contributed by atoms with E-state index in [-0.39, 0.29) is 32.1 Å².